The summed E-state index contributed by atoms with van der Waals surface area (Å²) in [6, 6.07) is 16.7. The average molecular weight is 570 g/mol. The van der Waals surface area contributed by atoms with Gasteiger partial charge >= 0.3 is 5.97 Å². The van der Waals surface area contributed by atoms with Crippen molar-refractivity contribution in [2.75, 3.05) is 5.73 Å². The lowest BCUT2D eigenvalue weighted by atomic mass is 10.1. The third-order valence-electron chi connectivity index (χ3n) is 6.31. The second kappa shape index (κ2) is 11.6. The zero-order valence-corrected chi connectivity index (χ0v) is 22.8. The van der Waals surface area contributed by atoms with E-state index in [0.29, 0.717) is 49.9 Å². The van der Waals surface area contributed by atoms with Gasteiger partial charge in [-0.15, -0.1) is 0 Å². The molecule has 3 aromatic heterocycles. The molecule has 0 aliphatic rings. The second-order valence-corrected chi connectivity index (χ2v) is 9.97. The Kier molecular flexibility index (Phi) is 7.74. The lowest BCUT2D eigenvalue weighted by Crippen LogP contribution is -2.25. The van der Waals surface area contributed by atoms with E-state index in [2.05, 4.69) is 19.9 Å². The monoisotopic (exact) mass is 569 g/mol. The number of carbonyl (C=O) groups is 1. The number of nitrogen functional groups attached to an aromatic ring is 1. The molecule has 6 rings (SSSR count). The van der Waals surface area contributed by atoms with Crippen LogP contribution >= 0.6 is 11.8 Å². The number of H-pyrrole nitrogens is 1. The summed E-state index contributed by atoms with van der Waals surface area (Å²) in [5.41, 5.74) is 9.17. The van der Waals surface area contributed by atoms with Crippen LogP contribution < -0.4 is 11.3 Å². The van der Waals surface area contributed by atoms with Crippen molar-refractivity contribution in [3.63, 3.8) is 0 Å². The summed E-state index contributed by atoms with van der Waals surface area (Å²) in [5, 5.41) is 9.82. The summed E-state index contributed by atoms with van der Waals surface area (Å²) >= 11 is 1.38. The Morgan fingerprint density at radius 1 is 1.02 bits per heavy atom. The normalized spacial score (nSPS) is 10.9. The van der Waals surface area contributed by atoms with E-state index < -0.39 is 11.8 Å². The molecular formula is C29H24FN7O3S. The molecule has 12 heteroatoms. The van der Waals surface area contributed by atoms with Gasteiger partial charge in [0.05, 0.1) is 34.2 Å². The van der Waals surface area contributed by atoms with E-state index in [1.54, 1.807) is 55.7 Å². The van der Waals surface area contributed by atoms with Crippen molar-refractivity contribution in [3.8, 4) is 5.69 Å². The molecule has 0 bridgehead atoms. The Morgan fingerprint density at radius 3 is 2.51 bits per heavy atom. The van der Waals surface area contributed by atoms with Crippen LogP contribution in [-0.2, 0) is 5.75 Å². The maximum atomic E-state index is 14.6. The van der Waals surface area contributed by atoms with E-state index >= 15 is 0 Å². The van der Waals surface area contributed by atoms with Gasteiger partial charge < -0.3 is 15.8 Å². The van der Waals surface area contributed by atoms with Gasteiger partial charge in [-0.05, 0) is 49.2 Å². The molecule has 6 aromatic rings. The largest absolute Gasteiger partial charge is 0.478 e. The quantitative estimate of drug-likeness (QED) is 0.147. The molecule has 0 aliphatic heterocycles. The molecule has 0 radical (unpaired) electrons. The van der Waals surface area contributed by atoms with Gasteiger partial charge in [0, 0.05) is 5.69 Å². The highest BCUT2D eigenvalue weighted by Gasteiger charge is 2.18. The molecule has 0 unspecified atom stereocenters. The van der Waals surface area contributed by atoms with Crippen molar-refractivity contribution in [2.24, 2.45) is 0 Å². The van der Waals surface area contributed by atoms with Crippen molar-refractivity contribution in [1.82, 2.24) is 29.5 Å². The number of halogens is 1. The highest BCUT2D eigenvalue weighted by Crippen LogP contribution is 2.27. The minimum atomic E-state index is -0.972. The highest BCUT2D eigenvalue weighted by molar-refractivity contribution is 7.98. The van der Waals surface area contributed by atoms with Crippen LogP contribution in [0, 0.1) is 19.7 Å². The third-order valence-corrected chi connectivity index (χ3v) is 7.30. The lowest BCUT2D eigenvalue weighted by molar-refractivity contribution is 0.0697. The SMILES string of the molecule is Cc1cccc(N)c1C(=O)O.Cc1cccc2nc(CSc3ncnc4nc[nH]c34)n(-c3ccccc3F)c(=O)c12. The maximum Gasteiger partial charge on any atom is 0.338 e. The van der Waals surface area contributed by atoms with Crippen molar-refractivity contribution in [1.29, 1.82) is 0 Å². The molecule has 0 fully saturated rings. The second-order valence-electron chi connectivity index (χ2n) is 9.00. The first kappa shape index (κ1) is 27.5. The molecule has 4 N–H and O–H groups in total. The Morgan fingerprint density at radius 2 is 1.78 bits per heavy atom. The highest BCUT2D eigenvalue weighted by atomic mass is 32.2. The number of aromatic amines is 1. The number of carboxylic acid groups (broad SMARTS) is 1. The number of aromatic carboxylic acids is 1. The minimum absolute atomic E-state index is 0.171. The van der Waals surface area contributed by atoms with Crippen molar-refractivity contribution in [2.45, 2.75) is 24.6 Å². The van der Waals surface area contributed by atoms with Gasteiger partial charge in [-0.1, -0.05) is 48.2 Å². The fourth-order valence-electron chi connectivity index (χ4n) is 4.39. The molecule has 206 valence electrons. The Bertz CT molecular complexity index is 1950. The van der Waals surface area contributed by atoms with Gasteiger partial charge in [0.15, 0.2) is 5.65 Å². The Hall–Kier alpha value is -5.10. The number of nitrogens with zero attached hydrogens (tertiary/aromatic N) is 5. The fourth-order valence-corrected chi connectivity index (χ4v) is 5.26. The number of imidazole rings is 1. The first-order valence-electron chi connectivity index (χ1n) is 12.4. The lowest BCUT2D eigenvalue weighted by Gasteiger charge is -2.15. The van der Waals surface area contributed by atoms with Gasteiger partial charge in [0.25, 0.3) is 5.56 Å². The zero-order chi connectivity index (χ0) is 29.1. The molecular weight excluding hydrogens is 545 g/mol. The zero-order valence-electron chi connectivity index (χ0n) is 22.0. The van der Waals surface area contributed by atoms with Gasteiger partial charge in [0.1, 0.15) is 28.5 Å². The number of carboxylic acids is 1. The third kappa shape index (κ3) is 5.50. The number of para-hydroxylation sites is 1. The van der Waals surface area contributed by atoms with E-state index in [1.165, 1.54) is 28.7 Å². The molecule has 0 amide bonds. The number of fused-ring (bicyclic) bond motifs is 2. The summed E-state index contributed by atoms with van der Waals surface area (Å²) in [4.78, 5) is 44.2. The van der Waals surface area contributed by atoms with Gasteiger partial charge in [-0.2, -0.15) is 0 Å². The molecule has 3 aromatic carbocycles. The Labute approximate surface area is 237 Å². The topological polar surface area (TPSA) is 153 Å². The number of aromatic nitrogens is 6. The molecule has 0 spiro atoms. The van der Waals surface area contributed by atoms with E-state index in [1.807, 2.05) is 19.1 Å². The molecule has 0 saturated heterocycles. The van der Waals surface area contributed by atoms with Crippen LogP contribution in [0.1, 0.15) is 27.3 Å². The van der Waals surface area contributed by atoms with E-state index in [-0.39, 0.29) is 16.8 Å². The van der Waals surface area contributed by atoms with Crippen LogP contribution in [0.25, 0.3) is 27.8 Å². The molecule has 0 aliphatic carbocycles. The molecule has 0 atom stereocenters. The van der Waals surface area contributed by atoms with E-state index in [4.69, 9.17) is 15.8 Å². The van der Waals surface area contributed by atoms with Crippen LogP contribution in [0.4, 0.5) is 10.1 Å². The number of rotatable bonds is 5. The summed E-state index contributed by atoms with van der Waals surface area (Å²) < 4.78 is 16.0. The number of aryl methyl sites for hydroxylation is 2. The first-order chi connectivity index (χ1) is 19.8. The standard InChI is InChI=1S/C21H15FN6OS.C8H9NO2/c1-12-5-4-7-14-17(12)21(29)28(15-8-3-2-6-13(15)22)16(27-14)9-30-20-18-19(24-10-23-18)25-11-26-20;1-5-3-2-4-6(9)7(5)8(10)11/h2-8,10-11H,9H2,1H3,(H,23,24,25,26);2-4H,9H2,1H3,(H,10,11). The molecule has 0 saturated carbocycles. The number of hydrogen-bond acceptors (Lipinski definition) is 8. The van der Waals surface area contributed by atoms with Gasteiger partial charge in [-0.3, -0.25) is 9.36 Å². The molecule has 10 nitrogen and oxygen atoms in total. The van der Waals surface area contributed by atoms with E-state index in [9.17, 15) is 14.0 Å². The van der Waals surface area contributed by atoms with Gasteiger partial charge in [-0.25, -0.2) is 29.1 Å². The van der Waals surface area contributed by atoms with Crippen molar-refractivity contribution in [3.05, 3.63) is 112 Å². The maximum absolute atomic E-state index is 14.6. The fraction of sp³-hybridized carbons (Fsp3) is 0.103. The number of benzene rings is 3. The number of hydrogen-bond donors (Lipinski definition) is 3. The molecule has 41 heavy (non-hydrogen) atoms. The van der Waals surface area contributed by atoms with Crippen molar-refractivity contribution >= 4 is 45.5 Å². The average Bonchev–Trinajstić information content (AvgIpc) is 3.42. The number of nitrogens with two attached hydrogens (primary N) is 1. The van der Waals surface area contributed by atoms with Crippen LogP contribution in [0.15, 0.2) is 83.1 Å². The minimum Gasteiger partial charge on any atom is -0.478 e. The molecule has 3 heterocycles. The summed E-state index contributed by atoms with van der Waals surface area (Å²) in [5.74, 6) is -0.725. The van der Waals surface area contributed by atoms with Crippen LogP contribution in [0.2, 0.25) is 0 Å². The predicted octanol–water partition coefficient (Wildman–Crippen LogP) is 5.07. The summed E-state index contributed by atoms with van der Waals surface area (Å²) in [7, 11) is 0. The van der Waals surface area contributed by atoms with Gasteiger partial charge in [0.2, 0.25) is 0 Å². The number of thioether (sulfide) groups is 1. The number of nitrogens with one attached hydrogen (secondary N) is 1. The van der Waals surface area contributed by atoms with E-state index in [0.717, 1.165) is 5.56 Å². The van der Waals surface area contributed by atoms with Crippen molar-refractivity contribution < 1.29 is 14.3 Å². The summed E-state index contributed by atoms with van der Waals surface area (Å²) in [6.45, 7) is 3.57. The predicted molar refractivity (Wildman–Crippen MR) is 156 cm³/mol. The smallest absolute Gasteiger partial charge is 0.338 e. The first-order valence-corrected chi connectivity index (χ1v) is 13.4. The van der Waals surface area contributed by atoms with Crippen LogP contribution in [0.3, 0.4) is 0 Å². The van der Waals surface area contributed by atoms with Crippen LogP contribution in [0.5, 0.6) is 0 Å². The number of anilines is 1. The Balaban J connectivity index is 0.000000259. The summed E-state index contributed by atoms with van der Waals surface area (Å²) in [6.07, 6.45) is 2.99. The van der Waals surface area contributed by atoms with Crippen LogP contribution in [-0.4, -0.2) is 40.6 Å².